The molecule has 5 rings (SSSR count). The van der Waals surface area contributed by atoms with E-state index in [1.54, 1.807) is 36.5 Å². The number of phenolic OH excluding ortho intramolecular Hbond substituents is 1. The number of aryl methyl sites for hydroxylation is 1. The van der Waals surface area contributed by atoms with Gasteiger partial charge in [0.1, 0.15) is 11.5 Å². The zero-order chi connectivity index (χ0) is 27.9. The molecule has 1 fully saturated rings. The van der Waals surface area contributed by atoms with E-state index in [2.05, 4.69) is 21.1 Å². The predicted octanol–water partition coefficient (Wildman–Crippen LogP) is 4.75. The molecule has 2 atom stereocenters. The van der Waals surface area contributed by atoms with Crippen molar-refractivity contribution in [2.75, 3.05) is 23.0 Å². The van der Waals surface area contributed by atoms with E-state index in [-0.39, 0.29) is 17.8 Å². The van der Waals surface area contributed by atoms with Crippen molar-refractivity contribution in [3.63, 3.8) is 0 Å². The van der Waals surface area contributed by atoms with Crippen LogP contribution in [0, 0.1) is 13.8 Å². The molecule has 0 amide bonds. The summed E-state index contributed by atoms with van der Waals surface area (Å²) in [6, 6.07) is 19.7. The highest BCUT2D eigenvalue weighted by Gasteiger charge is 2.42. The Morgan fingerprint density at radius 2 is 1.82 bits per heavy atom. The number of para-hydroxylation sites is 2. The number of ether oxygens (including phenoxy) is 1. The minimum atomic E-state index is -3.50. The predicted molar refractivity (Wildman–Crippen MR) is 156 cm³/mol. The van der Waals surface area contributed by atoms with E-state index < -0.39 is 10.0 Å². The van der Waals surface area contributed by atoms with Crippen molar-refractivity contribution in [3.8, 4) is 17.2 Å². The molecule has 1 aliphatic heterocycles. The molecule has 0 radical (unpaired) electrons. The maximum absolute atomic E-state index is 11.9. The van der Waals surface area contributed by atoms with Crippen LogP contribution in [0.4, 0.5) is 11.4 Å². The van der Waals surface area contributed by atoms with E-state index in [0.717, 1.165) is 34.6 Å². The molecule has 1 aliphatic rings. The van der Waals surface area contributed by atoms with Gasteiger partial charge in [-0.15, -0.1) is 0 Å². The minimum Gasteiger partial charge on any atom is -0.506 e. The molecule has 11 heteroatoms. The van der Waals surface area contributed by atoms with Crippen LogP contribution >= 0.6 is 12.2 Å². The van der Waals surface area contributed by atoms with Gasteiger partial charge in [0.05, 0.1) is 42.5 Å². The van der Waals surface area contributed by atoms with E-state index in [4.69, 9.17) is 17.0 Å². The van der Waals surface area contributed by atoms with Crippen LogP contribution < -0.4 is 19.7 Å². The van der Waals surface area contributed by atoms with Crippen LogP contribution in [0.1, 0.15) is 34.7 Å². The Hall–Kier alpha value is -4.09. The summed E-state index contributed by atoms with van der Waals surface area (Å²) in [7, 11) is -2.01. The lowest BCUT2D eigenvalue weighted by atomic mass is 9.96. The van der Waals surface area contributed by atoms with Gasteiger partial charge in [-0.1, -0.05) is 18.2 Å². The molecule has 9 nitrogen and oxygen atoms in total. The molecule has 0 spiro atoms. The van der Waals surface area contributed by atoms with Gasteiger partial charge in [0.25, 0.3) is 0 Å². The number of hydrogen-bond acceptors (Lipinski definition) is 6. The van der Waals surface area contributed by atoms with Crippen LogP contribution in [-0.2, 0) is 10.0 Å². The smallest absolute Gasteiger partial charge is 0.229 e. The summed E-state index contributed by atoms with van der Waals surface area (Å²) in [5.41, 5.74) is 5.45. The van der Waals surface area contributed by atoms with Crippen LogP contribution in [0.15, 0.2) is 72.9 Å². The number of rotatable bonds is 7. The lowest BCUT2D eigenvalue weighted by Gasteiger charge is -2.29. The summed E-state index contributed by atoms with van der Waals surface area (Å²) in [6.45, 7) is 4.02. The molecule has 3 N–H and O–H groups in total. The topological polar surface area (TPSA) is 109 Å². The zero-order valence-electron chi connectivity index (χ0n) is 21.9. The van der Waals surface area contributed by atoms with Gasteiger partial charge in [0.2, 0.25) is 10.0 Å². The summed E-state index contributed by atoms with van der Waals surface area (Å²) in [6.07, 6.45) is 2.84. The zero-order valence-corrected chi connectivity index (χ0v) is 23.5. The number of thiocarbonyl (C=S) groups is 1. The summed E-state index contributed by atoms with van der Waals surface area (Å²) in [5, 5.41) is 14.6. The van der Waals surface area contributed by atoms with Crippen LogP contribution in [0.25, 0.3) is 5.69 Å². The van der Waals surface area contributed by atoms with Crippen molar-refractivity contribution in [1.82, 2.24) is 14.9 Å². The fourth-order valence-electron chi connectivity index (χ4n) is 5.17. The fourth-order valence-corrected chi connectivity index (χ4v) is 6.09. The first kappa shape index (κ1) is 26.5. The molecular weight excluding hydrogens is 534 g/mol. The number of hydrogen-bond donors (Lipinski definition) is 3. The third kappa shape index (κ3) is 5.02. The third-order valence-electron chi connectivity index (χ3n) is 6.77. The van der Waals surface area contributed by atoms with E-state index in [1.165, 1.54) is 7.11 Å². The van der Waals surface area contributed by atoms with Crippen molar-refractivity contribution < 1.29 is 18.3 Å². The van der Waals surface area contributed by atoms with E-state index >= 15 is 0 Å². The number of pyridine rings is 1. The Morgan fingerprint density at radius 1 is 1.08 bits per heavy atom. The van der Waals surface area contributed by atoms with Gasteiger partial charge >= 0.3 is 0 Å². The first-order chi connectivity index (χ1) is 18.6. The Bertz CT molecular complexity index is 1650. The number of aromatic nitrogens is 2. The number of aromatic hydroxyl groups is 1. The maximum atomic E-state index is 11.9. The normalized spacial score (nSPS) is 17.2. The number of nitrogens with zero attached hydrogens (tertiary/aromatic N) is 3. The molecule has 1 saturated heterocycles. The Balaban J connectivity index is 1.67. The Morgan fingerprint density at radius 3 is 2.49 bits per heavy atom. The molecule has 2 aromatic carbocycles. The van der Waals surface area contributed by atoms with Crippen molar-refractivity contribution >= 4 is 38.7 Å². The molecule has 2 aromatic heterocycles. The highest BCUT2D eigenvalue weighted by Crippen LogP contribution is 2.45. The molecule has 3 heterocycles. The largest absolute Gasteiger partial charge is 0.506 e. The maximum Gasteiger partial charge on any atom is 0.229 e. The Kier molecular flexibility index (Phi) is 6.96. The van der Waals surface area contributed by atoms with Crippen LogP contribution in [0.2, 0.25) is 0 Å². The van der Waals surface area contributed by atoms with Gasteiger partial charge < -0.3 is 24.6 Å². The lowest BCUT2D eigenvalue weighted by molar-refractivity contribution is 0.417. The standard InChI is InChI=1S/C28H29N5O4S2/c1-17-15-20(18(2)32(17)23-10-5-6-11-24(23)34)27-26(22-9-7-8-14-29-22)30-28(38)33(27)19-12-13-21(25(16-19)37-3)31-39(4,35)36/h5-16,26-27,31,34H,1-4H3,(H,30,38)/t26-,27+/m1/s1. The second kappa shape index (κ2) is 10.2. The van der Waals surface area contributed by atoms with Gasteiger partial charge in [-0.2, -0.15) is 0 Å². The first-order valence-corrected chi connectivity index (χ1v) is 14.5. The fraction of sp³-hybridized carbons (Fsp3) is 0.214. The van der Waals surface area contributed by atoms with E-state index in [1.807, 2.05) is 53.6 Å². The average Bonchev–Trinajstić information content (AvgIpc) is 3.39. The minimum absolute atomic E-state index is 0.183. The highest BCUT2D eigenvalue weighted by molar-refractivity contribution is 7.92. The molecule has 39 heavy (non-hydrogen) atoms. The second-order valence-electron chi connectivity index (χ2n) is 9.41. The number of nitrogens with one attached hydrogen (secondary N) is 2. The molecule has 4 aromatic rings. The van der Waals surface area contributed by atoms with Crippen molar-refractivity contribution in [3.05, 3.63) is 95.6 Å². The molecule has 202 valence electrons. The number of sulfonamides is 1. The van der Waals surface area contributed by atoms with Crippen LogP contribution in [0.5, 0.6) is 11.5 Å². The number of benzene rings is 2. The third-order valence-corrected chi connectivity index (χ3v) is 7.67. The number of phenols is 1. The average molecular weight is 564 g/mol. The quantitative estimate of drug-likeness (QED) is 0.277. The van der Waals surface area contributed by atoms with Gasteiger partial charge in [0.15, 0.2) is 5.11 Å². The van der Waals surface area contributed by atoms with Gasteiger partial charge in [-0.3, -0.25) is 9.71 Å². The van der Waals surface area contributed by atoms with Crippen molar-refractivity contribution in [2.45, 2.75) is 25.9 Å². The number of anilines is 2. The summed E-state index contributed by atoms with van der Waals surface area (Å²) < 4.78 is 33.8. The summed E-state index contributed by atoms with van der Waals surface area (Å²) >= 11 is 5.86. The van der Waals surface area contributed by atoms with Gasteiger partial charge in [-0.05, 0) is 74.1 Å². The summed E-state index contributed by atoms with van der Waals surface area (Å²) in [4.78, 5) is 6.62. The molecule has 0 aliphatic carbocycles. The van der Waals surface area contributed by atoms with E-state index in [0.29, 0.717) is 22.2 Å². The van der Waals surface area contributed by atoms with Crippen molar-refractivity contribution in [2.24, 2.45) is 0 Å². The lowest BCUT2D eigenvalue weighted by Crippen LogP contribution is -2.29. The molecule has 0 bridgehead atoms. The van der Waals surface area contributed by atoms with Gasteiger partial charge in [-0.25, -0.2) is 8.42 Å². The van der Waals surface area contributed by atoms with E-state index in [9.17, 15) is 13.5 Å². The first-order valence-electron chi connectivity index (χ1n) is 12.2. The molecular formula is C28H29N5O4S2. The Labute approximate surface area is 233 Å². The number of methoxy groups -OCH3 is 1. The van der Waals surface area contributed by atoms with Crippen LogP contribution in [0.3, 0.4) is 0 Å². The van der Waals surface area contributed by atoms with Gasteiger partial charge in [0, 0.05) is 29.3 Å². The SMILES string of the molecule is COc1cc(N2C(=S)N[C@H](c3ccccn3)[C@@H]2c2cc(C)n(-c3ccccc3O)c2C)ccc1NS(C)(=O)=O. The second-order valence-corrected chi connectivity index (χ2v) is 11.5. The van der Waals surface area contributed by atoms with Crippen LogP contribution in [-0.4, -0.2) is 41.6 Å². The monoisotopic (exact) mass is 563 g/mol. The molecule has 0 saturated carbocycles. The molecule has 0 unspecified atom stereocenters. The summed E-state index contributed by atoms with van der Waals surface area (Å²) in [5.74, 6) is 0.545. The highest BCUT2D eigenvalue weighted by atomic mass is 32.2. The van der Waals surface area contributed by atoms with Crippen molar-refractivity contribution in [1.29, 1.82) is 0 Å².